The lowest BCUT2D eigenvalue weighted by molar-refractivity contribution is -0.384. The number of carbonyl (C=O) groups is 1. The highest BCUT2D eigenvalue weighted by molar-refractivity contribution is 5.96. The molecule has 1 aromatic rings. The quantitative estimate of drug-likeness (QED) is 0.396. The van der Waals surface area contributed by atoms with Gasteiger partial charge < -0.3 is 15.5 Å². The van der Waals surface area contributed by atoms with E-state index in [0.29, 0.717) is 6.61 Å². The van der Waals surface area contributed by atoms with Crippen LogP contribution in [0.2, 0.25) is 0 Å². The van der Waals surface area contributed by atoms with Crippen molar-refractivity contribution in [3.63, 3.8) is 0 Å². The molecule has 0 saturated carbocycles. The minimum atomic E-state index is -0.571. The number of hydrazine groups is 1. The van der Waals surface area contributed by atoms with Gasteiger partial charge >= 0.3 is 0 Å². The number of nitrogens with zero attached hydrogens (tertiary/aromatic N) is 1. The highest BCUT2D eigenvalue weighted by Gasteiger charge is 2.20. The zero-order chi connectivity index (χ0) is 16.0. The molecule has 1 aromatic carbocycles. The Labute approximate surface area is 122 Å². The first-order valence-corrected chi connectivity index (χ1v) is 6.45. The molecule has 0 fully saturated rings. The van der Waals surface area contributed by atoms with E-state index in [1.54, 1.807) is 7.11 Å². The SMILES string of the molecule is COCC(NC(=O)c1ccc([N+](=O)[O-])c(NN)c1)C(C)C. The van der Waals surface area contributed by atoms with E-state index in [2.05, 4.69) is 10.7 Å². The van der Waals surface area contributed by atoms with E-state index in [1.165, 1.54) is 18.2 Å². The predicted molar refractivity (Wildman–Crippen MR) is 78.9 cm³/mol. The maximum Gasteiger partial charge on any atom is 0.293 e. The Morgan fingerprint density at radius 2 is 2.14 bits per heavy atom. The molecule has 1 rings (SSSR count). The molecule has 1 amide bonds. The van der Waals surface area contributed by atoms with Crippen molar-refractivity contribution >= 4 is 17.3 Å². The van der Waals surface area contributed by atoms with Gasteiger partial charge in [0.15, 0.2) is 0 Å². The molecule has 1 unspecified atom stereocenters. The Morgan fingerprint density at radius 3 is 2.62 bits per heavy atom. The number of anilines is 1. The smallest absolute Gasteiger partial charge is 0.293 e. The lowest BCUT2D eigenvalue weighted by Gasteiger charge is -2.21. The molecule has 4 N–H and O–H groups in total. The molecule has 0 aliphatic heterocycles. The number of hydrogen-bond acceptors (Lipinski definition) is 6. The largest absolute Gasteiger partial charge is 0.383 e. The van der Waals surface area contributed by atoms with Crippen molar-refractivity contribution in [1.82, 2.24) is 5.32 Å². The van der Waals surface area contributed by atoms with Crippen LogP contribution in [0.25, 0.3) is 0 Å². The van der Waals surface area contributed by atoms with Crippen molar-refractivity contribution in [2.75, 3.05) is 19.1 Å². The molecule has 0 saturated heterocycles. The van der Waals surface area contributed by atoms with E-state index >= 15 is 0 Å². The van der Waals surface area contributed by atoms with Crippen LogP contribution in [0.4, 0.5) is 11.4 Å². The second kappa shape index (κ2) is 7.55. The summed E-state index contributed by atoms with van der Waals surface area (Å²) < 4.78 is 5.06. The van der Waals surface area contributed by atoms with Gasteiger partial charge in [0, 0.05) is 18.7 Å². The Bertz CT molecular complexity index is 519. The summed E-state index contributed by atoms with van der Waals surface area (Å²) in [5.74, 6) is 5.11. The number of benzene rings is 1. The van der Waals surface area contributed by atoms with Crippen LogP contribution < -0.4 is 16.6 Å². The fourth-order valence-corrected chi connectivity index (χ4v) is 1.78. The maximum atomic E-state index is 12.2. The molecule has 116 valence electrons. The monoisotopic (exact) mass is 296 g/mol. The van der Waals surface area contributed by atoms with E-state index in [4.69, 9.17) is 10.6 Å². The van der Waals surface area contributed by atoms with Gasteiger partial charge in [0.2, 0.25) is 0 Å². The van der Waals surface area contributed by atoms with Crippen LogP contribution in [0.3, 0.4) is 0 Å². The molecule has 0 bridgehead atoms. The summed E-state index contributed by atoms with van der Waals surface area (Å²) >= 11 is 0. The lowest BCUT2D eigenvalue weighted by atomic mass is 10.0. The Morgan fingerprint density at radius 1 is 1.48 bits per heavy atom. The van der Waals surface area contributed by atoms with Crippen molar-refractivity contribution in [2.24, 2.45) is 11.8 Å². The first-order valence-electron chi connectivity index (χ1n) is 6.45. The Kier molecular flexibility index (Phi) is 6.07. The molecule has 8 nitrogen and oxygen atoms in total. The highest BCUT2D eigenvalue weighted by atomic mass is 16.6. The van der Waals surface area contributed by atoms with Gasteiger partial charge in [0.05, 0.1) is 17.6 Å². The van der Waals surface area contributed by atoms with E-state index in [0.717, 1.165) is 0 Å². The summed E-state index contributed by atoms with van der Waals surface area (Å²) in [6, 6.07) is 3.83. The molecule has 0 aromatic heterocycles. The zero-order valence-corrected chi connectivity index (χ0v) is 12.3. The van der Waals surface area contributed by atoms with E-state index in [9.17, 15) is 14.9 Å². The summed E-state index contributed by atoms with van der Waals surface area (Å²) in [6.07, 6.45) is 0. The number of rotatable bonds is 7. The summed E-state index contributed by atoms with van der Waals surface area (Å²) in [5, 5.41) is 13.6. The fraction of sp³-hybridized carbons (Fsp3) is 0.462. The molecule has 8 heteroatoms. The van der Waals surface area contributed by atoms with Crippen LogP contribution in [0.1, 0.15) is 24.2 Å². The summed E-state index contributed by atoms with van der Waals surface area (Å²) in [5.41, 5.74) is 2.41. The second-order valence-electron chi connectivity index (χ2n) is 4.91. The van der Waals surface area contributed by atoms with Gasteiger partial charge in [-0.15, -0.1) is 0 Å². The van der Waals surface area contributed by atoms with Gasteiger partial charge in [0.25, 0.3) is 11.6 Å². The molecular weight excluding hydrogens is 276 g/mol. The molecule has 0 spiro atoms. The Hall–Kier alpha value is -2.19. The first-order chi connectivity index (χ1) is 9.90. The van der Waals surface area contributed by atoms with Gasteiger partial charge in [-0.2, -0.15) is 0 Å². The number of hydrogen-bond donors (Lipinski definition) is 3. The molecule has 0 aliphatic rings. The topological polar surface area (TPSA) is 120 Å². The number of amides is 1. The van der Waals surface area contributed by atoms with Gasteiger partial charge in [-0.3, -0.25) is 20.8 Å². The molecule has 1 atom stereocenters. The van der Waals surface area contributed by atoms with Gasteiger partial charge in [-0.25, -0.2) is 0 Å². The number of nitro benzene ring substituents is 1. The van der Waals surface area contributed by atoms with Gasteiger partial charge in [-0.1, -0.05) is 13.8 Å². The number of nitrogens with one attached hydrogen (secondary N) is 2. The first kappa shape index (κ1) is 16.9. The molecule has 0 aliphatic carbocycles. The second-order valence-corrected chi connectivity index (χ2v) is 4.91. The van der Waals surface area contributed by atoms with Gasteiger partial charge in [-0.05, 0) is 18.1 Å². The number of nitrogen functional groups attached to an aromatic ring is 1. The average Bonchev–Trinajstić information content (AvgIpc) is 2.45. The lowest BCUT2D eigenvalue weighted by Crippen LogP contribution is -2.41. The molecule has 0 radical (unpaired) electrons. The van der Waals surface area contributed by atoms with E-state index < -0.39 is 4.92 Å². The third-order valence-corrected chi connectivity index (χ3v) is 3.08. The summed E-state index contributed by atoms with van der Waals surface area (Å²) in [6.45, 7) is 4.32. The highest BCUT2D eigenvalue weighted by Crippen LogP contribution is 2.24. The van der Waals surface area contributed by atoms with Crippen LogP contribution in [-0.4, -0.2) is 30.6 Å². The van der Waals surface area contributed by atoms with Crippen LogP contribution in [0, 0.1) is 16.0 Å². The van der Waals surface area contributed by atoms with Crippen molar-refractivity contribution in [3.8, 4) is 0 Å². The summed E-state index contributed by atoms with van der Waals surface area (Å²) in [4.78, 5) is 22.4. The number of carbonyl (C=O) groups excluding carboxylic acids is 1. The van der Waals surface area contributed by atoms with E-state index in [1.807, 2.05) is 13.8 Å². The third-order valence-electron chi connectivity index (χ3n) is 3.08. The van der Waals surface area contributed by atoms with Gasteiger partial charge in [0.1, 0.15) is 5.69 Å². The van der Waals surface area contributed by atoms with Crippen LogP contribution in [0.15, 0.2) is 18.2 Å². The Balaban J connectivity index is 2.94. The van der Waals surface area contributed by atoms with Crippen LogP contribution >= 0.6 is 0 Å². The number of ether oxygens (including phenoxy) is 1. The summed E-state index contributed by atoms with van der Waals surface area (Å²) in [7, 11) is 1.56. The fourth-order valence-electron chi connectivity index (χ4n) is 1.78. The van der Waals surface area contributed by atoms with Crippen LogP contribution in [-0.2, 0) is 4.74 Å². The molecular formula is C13H20N4O4. The number of methoxy groups -OCH3 is 1. The number of nitrogens with two attached hydrogens (primary N) is 1. The normalized spacial score (nSPS) is 12.0. The maximum absolute atomic E-state index is 12.2. The third kappa shape index (κ3) is 4.40. The number of nitro groups is 1. The molecule has 21 heavy (non-hydrogen) atoms. The minimum Gasteiger partial charge on any atom is -0.383 e. The van der Waals surface area contributed by atoms with Crippen molar-refractivity contribution < 1.29 is 14.5 Å². The van der Waals surface area contributed by atoms with E-state index in [-0.39, 0.29) is 34.8 Å². The standard InChI is InChI=1S/C13H20N4O4/c1-8(2)11(7-21-3)15-13(18)9-4-5-12(17(19)20)10(6-9)16-14/h4-6,8,11,16H,7,14H2,1-3H3,(H,15,18). The van der Waals surface area contributed by atoms with Crippen LogP contribution in [0.5, 0.6) is 0 Å². The molecule has 0 heterocycles. The van der Waals surface area contributed by atoms with Crippen molar-refractivity contribution in [1.29, 1.82) is 0 Å². The van der Waals surface area contributed by atoms with Crippen molar-refractivity contribution in [2.45, 2.75) is 19.9 Å². The van der Waals surface area contributed by atoms with Crippen molar-refractivity contribution in [3.05, 3.63) is 33.9 Å². The zero-order valence-electron chi connectivity index (χ0n) is 12.3. The minimum absolute atomic E-state index is 0.0838. The predicted octanol–water partition coefficient (Wildman–Crippen LogP) is 1.28. The average molecular weight is 296 g/mol.